The standard InChI is InChI=1S/C20H25NO3/c1-3-6-14(2)19(22)21-13-18(20(23)24)12-15-9-10-16-7-4-5-8-17(16)11-15/h4-5,7-11,14,18H,3,6,12-13H2,1-2H3,(H,21,22)(H,23,24). The fraction of sp³-hybridized carbons (Fsp3) is 0.400. The minimum atomic E-state index is -0.883. The lowest BCUT2D eigenvalue weighted by atomic mass is 9.96. The largest absolute Gasteiger partial charge is 0.481 e. The maximum atomic E-state index is 12.0. The predicted molar refractivity (Wildman–Crippen MR) is 95.9 cm³/mol. The molecule has 0 aromatic heterocycles. The Labute approximate surface area is 142 Å². The Morgan fingerprint density at radius 2 is 1.83 bits per heavy atom. The Morgan fingerprint density at radius 1 is 1.12 bits per heavy atom. The van der Waals surface area contributed by atoms with Gasteiger partial charge in [0.2, 0.25) is 5.91 Å². The molecule has 0 saturated carbocycles. The van der Waals surface area contributed by atoms with Gasteiger partial charge in [0.15, 0.2) is 0 Å². The average Bonchev–Trinajstić information content (AvgIpc) is 2.58. The van der Waals surface area contributed by atoms with E-state index in [1.807, 2.05) is 56.3 Å². The summed E-state index contributed by atoms with van der Waals surface area (Å²) in [5.41, 5.74) is 0.969. The lowest BCUT2D eigenvalue weighted by Gasteiger charge is -2.16. The van der Waals surface area contributed by atoms with Crippen molar-refractivity contribution in [3.63, 3.8) is 0 Å². The van der Waals surface area contributed by atoms with Gasteiger partial charge in [0, 0.05) is 12.5 Å². The van der Waals surface area contributed by atoms with Gasteiger partial charge >= 0.3 is 5.97 Å². The number of hydrogen-bond acceptors (Lipinski definition) is 2. The molecule has 0 aliphatic heterocycles. The first-order valence-electron chi connectivity index (χ1n) is 8.49. The molecule has 0 bridgehead atoms. The highest BCUT2D eigenvalue weighted by Crippen LogP contribution is 2.18. The van der Waals surface area contributed by atoms with Crippen LogP contribution in [-0.4, -0.2) is 23.5 Å². The molecule has 0 aliphatic rings. The predicted octanol–water partition coefficient (Wildman–Crippen LogP) is 3.64. The zero-order chi connectivity index (χ0) is 17.5. The van der Waals surface area contributed by atoms with Crippen molar-refractivity contribution in [1.29, 1.82) is 0 Å². The van der Waals surface area contributed by atoms with Gasteiger partial charge in [-0.05, 0) is 29.2 Å². The molecule has 2 aromatic carbocycles. The van der Waals surface area contributed by atoms with Crippen LogP contribution in [0.4, 0.5) is 0 Å². The van der Waals surface area contributed by atoms with Crippen LogP contribution < -0.4 is 5.32 Å². The summed E-state index contributed by atoms with van der Waals surface area (Å²) >= 11 is 0. The fourth-order valence-corrected chi connectivity index (χ4v) is 2.86. The molecule has 2 atom stereocenters. The van der Waals surface area contributed by atoms with Crippen molar-refractivity contribution in [1.82, 2.24) is 5.32 Å². The molecular weight excluding hydrogens is 302 g/mol. The van der Waals surface area contributed by atoms with Crippen LogP contribution in [0.3, 0.4) is 0 Å². The van der Waals surface area contributed by atoms with E-state index in [4.69, 9.17) is 0 Å². The minimum Gasteiger partial charge on any atom is -0.481 e. The Morgan fingerprint density at radius 3 is 2.50 bits per heavy atom. The van der Waals surface area contributed by atoms with Crippen LogP contribution >= 0.6 is 0 Å². The van der Waals surface area contributed by atoms with Crippen LogP contribution in [0.15, 0.2) is 42.5 Å². The molecule has 0 radical (unpaired) electrons. The van der Waals surface area contributed by atoms with E-state index in [0.29, 0.717) is 6.42 Å². The van der Waals surface area contributed by atoms with Crippen LogP contribution in [0.1, 0.15) is 32.3 Å². The monoisotopic (exact) mass is 327 g/mol. The third kappa shape index (κ3) is 4.82. The molecule has 1 amide bonds. The number of amides is 1. The Balaban J connectivity index is 2.02. The Bertz CT molecular complexity index is 711. The van der Waals surface area contributed by atoms with Gasteiger partial charge in [-0.1, -0.05) is 62.7 Å². The normalized spacial score (nSPS) is 13.4. The fourth-order valence-electron chi connectivity index (χ4n) is 2.86. The highest BCUT2D eigenvalue weighted by Gasteiger charge is 2.20. The number of carbonyl (C=O) groups is 2. The van der Waals surface area contributed by atoms with Gasteiger partial charge in [-0.2, -0.15) is 0 Å². The first-order chi connectivity index (χ1) is 11.5. The van der Waals surface area contributed by atoms with Crippen molar-refractivity contribution in [3.8, 4) is 0 Å². The second kappa shape index (κ2) is 8.48. The number of carbonyl (C=O) groups excluding carboxylic acids is 1. The molecule has 2 aromatic rings. The molecule has 0 heterocycles. The number of benzene rings is 2. The third-order valence-electron chi connectivity index (χ3n) is 4.34. The highest BCUT2D eigenvalue weighted by atomic mass is 16.4. The van der Waals surface area contributed by atoms with Crippen LogP contribution in [0.2, 0.25) is 0 Å². The average molecular weight is 327 g/mol. The van der Waals surface area contributed by atoms with Gasteiger partial charge in [-0.3, -0.25) is 9.59 Å². The van der Waals surface area contributed by atoms with Crippen molar-refractivity contribution < 1.29 is 14.7 Å². The van der Waals surface area contributed by atoms with Crippen LogP contribution in [0, 0.1) is 11.8 Å². The van der Waals surface area contributed by atoms with E-state index in [9.17, 15) is 14.7 Å². The van der Waals surface area contributed by atoms with Gasteiger partial charge in [-0.15, -0.1) is 0 Å². The summed E-state index contributed by atoms with van der Waals surface area (Å²) in [6.07, 6.45) is 2.16. The maximum absolute atomic E-state index is 12.0. The molecule has 4 heteroatoms. The van der Waals surface area contributed by atoms with Gasteiger partial charge in [0.1, 0.15) is 0 Å². The molecule has 2 N–H and O–H groups in total. The zero-order valence-corrected chi connectivity index (χ0v) is 14.3. The van der Waals surface area contributed by atoms with Crippen LogP contribution in [-0.2, 0) is 16.0 Å². The van der Waals surface area contributed by atoms with Crippen molar-refractivity contribution in [3.05, 3.63) is 48.0 Å². The van der Waals surface area contributed by atoms with E-state index < -0.39 is 11.9 Å². The van der Waals surface area contributed by atoms with Gasteiger partial charge < -0.3 is 10.4 Å². The first kappa shape index (κ1) is 18.0. The second-order valence-electron chi connectivity index (χ2n) is 6.36. The van der Waals surface area contributed by atoms with Gasteiger partial charge in [0.25, 0.3) is 0 Å². The molecule has 2 rings (SSSR count). The van der Waals surface area contributed by atoms with Gasteiger partial charge in [-0.25, -0.2) is 0 Å². The molecule has 0 saturated heterocycles. The lowest BCUT2D eigenvalue weighted by Crippen LogP contribution is -2.36. The van der Waals surface area contributed by atoms with Crippen LogP contribution in [0.25, 0.3) is 10.8 Å². The number of rotatable bonds is 8. The third-order valence-corrected chi connectivity index (χ3v) is 4.34. The Hall–Kier alpha value is -2.36. The van der Waals surface area contributed by atoms with E-state index >= 15 is 0 Å². The maximum Gasteiger partial charge on any atom is 0.308 e. The molecule has 0 fully saturated rings. The summed E-state index contributed by atoms with van der Waals surface area (Å²) < 4.78 is 0. The number of carboxylic acids is 1. The number of nitrogens with one attached hydrogen (secondary N) is 1. The summed E-state index contributed by atoms with van der Waals surface area (Å²) in [6, 6.07) is 14.0. The smallest absolute Gasteiger partial charge is 0.308 e. The van der Waals surface area contributed by atoms with E-state index in [0.717, 1.165) is 29.2 Å². The number of aliphatic carboxylic acids is 1. The SMILES string of the molecule is CCCC(C)C(=O)NCC(Cc1ccc2ccccc2c1)C(=O)O. The summed E-state index contributed by atoms with van der Waals surface area (Å²) in [5.74, 6) is -1.65. The van der Waals surface area contributed by atoms with Crippen LogP contribution in [0.5, 0.6) is 0 Å². The quantitative estimate of drug-likeness (QED) is 0.778. The molecule has 0 aliphatic carbocycles. The molecule has 24 heavy (non-hydrogen) atoms. The highest BCUT2D eigenvalue weighted by molar-refractivity contribution is 5.83. The number of fused-ring (bicyclic) bond motifs is 1. The lowest BCUT2D eigenvalue weighted by molar-refractivity contribution is -0.141. The number of carboxylic acid groups (broad SMARTS) is 1. The number of hydrogen-bond donors (Lipinski definition) is 2. The van der Waals surface area contributed by atoms with E-state index in [1.165, 1.54) is 0 Å². The van der Waals surface area contributed by atoms with Crippen molar-refractivity contribution in [2.45, 2.75) is 33.1 Å². The van der Waals surface area contributed by atoms with E-state index in [-0.39, 0.29) is 18.4 Å². The summed E-state index contributed by atoms with van der Waals surface area (Å²) in [4.78, 5) is 23.5. The van der Waals surface area contributed by atoms with E-state index in [1.54, 1.807) is 0 Å². The molecule has 2 unspecified atom stereocenters. The summed E-state index contributed by atoms with van der Waals surface area (Å²) in [6.45, 7) is 4.07. The van der Waals surface area contributed by atoms with Crippen molar-refractivity contribution >= 4 is 22.6 Å². The van der Waals surface area contributed by atoms with Gasteiger partial charge in [0.05, 0.1) is 5.92 Å². The minimum absolute atomic E-state index is 0.0680. The molecule has 0 spiro atoms. The topological polar surface area (TPSA) is 66.4 Å². The van der Waals surface area contributed by atoms with Crippen molar-refractivity contribution in [2.75, 3.05) is 6.54 Å². The summed E-state index contributed by atoms with van der Waals surface area (Å²) in [5, 5.41) is 14.5. The summed E-state index contributed by atoms with van der Waals surface area (Å²) in [7, 11) is 0. The molecule has 4 nitrogen and oxygen atoms in total. The molecular formula is C20H25NO3. The Kier molecular flexibility index (Phi) is 6.36. The molecule has 128 valence electrons. The second-order valence-corrected chi connectivity index (χ2v) is 6.36. The zero-order valence-electron chi connectivity index (χ0n) is 14.3. The van der Waals surface area contributed by atoms with Crippen molar-refractivity contribution in [2.24, 2.45) is 11.8 Å². The van der Waals surface area contributed by atoms with E-state index in [2.05, 4.69) is 5.32 Å². The first-order valence-corrected chi connectivity index (χ1v) is 8.49.